The van der Waals surface area contributed by atoms with Crippen molar-refractivity contribution < 1.29 is 117 Å². The molecule has 2 aliphatic rings. The molecule has 0 saturated carbocycles. The molecule has 12 atom stereocenters. The highest BCUT2D eigenvalue weighted by molar-refractivity contribution is 5.80. The third kappa shape index (κ3) is 38.8. The van der Waals surface area contributed by atoms with E-state index in [0.29, 0.717) is 77.5 Å². The molecule has 91 heavy (non-hydrogen) atoms. The van der Waals surface area contributed by atoms with E-state index >= 15 is 0 Å². The lowest BCUT2D eigenvalue weighted by Crippen LogP contribution is -2.64. The van der Waals surface area contributed by atoms with Crippen LogP contribution in [0.4, 0.5) is 0 Å². The molecule has 32 heteroatoms. The van der Waals surface area contributed by atoms with Crippen molar-refractivity contribution in [3.63, 3.8) is 0 Å². The van der Waals surface area contributed by atoms with E-state index in [1.165, 1.54) is 13.8 Å². The number of nitrogens with one attached hydrogen (secondary N) is 8. The predicted octanol–water partition coefficient (Wildman–Crippen LogP) is -4.07. The van der Waals surface area contributed by atoms with E-state index in [1.807, 2.05) is 0 Å². The van der Waals surface area contributed by atoms with E-state index in [2.05, 4.69) is 42.5 Å². The van der Waals surface area contributed by atoms with E-state index < -0.39 is 92.4 Å². The van der Waals surface area contributed by atoms with Crippen LogP contribution in [0.15, 0.2) is 0 Å². The van der Waals surface area contributed by atoms with E-state index in [4.69, 9.17) is 42.6 Å². The number of methoxy groups -OCH3 is 1. The van der Waals surface area contributed by atoms with Crippen LogP contribution >= 0.6 is 0 Å². The Bertz CT molecular complexity index is 2020. The van der Waals surface area contributed by atoms with Gasteiger partial charge in [-0.15, -0.1) is 0 Å². The van der Waals surface area contributed by atoms with Crippen molar-refractivity contribution in [2.75, 3.05) is 132 Å². The van der Waals surface area contributed by atoms with Crippen molar-refractivity contribution in [2.45, 2.75) is 190 Å². The maximum atomic E-state index is 13.0. The first-order chi connectivity index (χ1) is 43.8. The lowest BCUT2D eigenvalue weighted by molar-refractivity contribution is -0.270. The summed E-state index contributed by atoms with van der Waals surface area (Å²) < 4.78 is 49.5. The van der Waals surface area contributed by atoms with Crippen LogP contribution < -0.4 is 42.5 Å². The Kier molecular flexibility index (Phi) is 46.5. The molecule has 0 aromatic carbocycles. The van der Waals surface area contributed by atoms with Gasteiger partial charge in [-0.2, -0.15) is 0 Å². The number of hydrogen-bond acceptors (Lipinski definition) is 24. The minimum Gasteiger partial charge on any atom is -0.396 e. The number of ether oxygens (including phenoxy) is 9. The minimum atomic E-state index is -1.41. The van der Waals surface area contributed by atoms with Crippen LogP contribution in [0.5, 0.6) is 0 Å². The monoisotopic (exact) mass is 1310 g/mol. The Morgan fingerprint density at radius 2 is 0.835 bits per heavy atom. The summed E-state index contributed by atoms with van der Waals surface area (Å²) in [6, 6.07) is -2.55. The molecule has 2 heterocycles. The number of unbranched alkanes of at least 4 members (excludes halogenated alkanes) is 4. The van der Waals surface area contributed by atoms with Crippen LogP contribution in [-0.2, 0) is 81.0 Å². The van der Waals surface area contributed by atoms with Gasteiger partial charge in [0.1, 0.15) is 48.7 Å². The third-order valence-electron chi connectivity index (χ3n) is 14.5. The molecular formula is C59H108N8O24. The van der Waals surface area contributed by atoms with Crippen LogP contribution in [0, 0.1) is 5.92 Å². The lowest BCUT2D eigenvalue weighted by Gasteiger charge is -2.42. The zero-order valence-electron chi connectivity index (χ0n) is 53.5. The molecule has 15 N–H and O–H groups in total. The summed E-state index contributed by atoms with van der Waals surface area (Å²) in [5.41, 5.74) is 0. The SMILES string of the molecule is COCC(CO)CCCCNC(=O)C[C@H](CCCCNC(=O)CCOCCOCCNC(=O)CCCCO[C@@H]1OC(CO)[C@H](O)[C@H](O)C1NC(C)=O)NC(=O)CCCNC(=O)CCOCCOCCNC(=O)CCCCO[C@@H]1OC(CO)[C@H](O)[C@H](O)C1NC(C)=O. The first kappa shape index (κ1) is 82.2. The van der Waals surface area contributed by atoms with E-state index in [0.717, 1.165) is 12.8 Å². The van der Waals surface area contributed by atoms with Gasteiger partial charge in [0.2, 0.25) is 47.3 Å². The van der Waals surface area contributed by atoms with Crippen LogP contribution in [0.25, 0.3) is 0 Å². The van der Waals surface area contributed by atoms with Gasteiger partial charge in [-0.3, -0.25) is 38.4 Å². The second-order valence-electron chi connectivity index (χ2n) is 22.3. The van der Waals surface area contributed by atoms with Crippen LogP contribution in [-0.4, -0.2) is 283 Å². The maximum Gasteiger partial charge on any atom is 0.222 e. The average molecular weight is 1310 g/mol. The summed E-state index contributed by atoms with van der Waals surface area (Å²) >= 11 is 0. The smallest absolute Gasteiger partial charge is 0.222 e. The van der Waals surface area contributed by atoms with Gasteiger partial charge >= 0.3 is 0 Å². The molecule has 0 aliphatic carbocycles. The maximum absolute atomic E-state index is 13.0. The lowest BCUT2D eigenvalue weighted by atomic mass is 9.97. The summed E-state index contributed by atoms with van der Waals surface area (Å²) in [6.07, 6.45) is -3.03. The first-order valence-corrected chi connectivity index (χ1v) is 31.9. The summed E-state index contributed by atoms with van der Waals surface area (Å²) in [5, 5.41) is 91.5. The van der Waals surface area contributed by atoms with Crippen LogP contribution in [0.3, 0.4) is 0 Å². The summed E-state index contributed by atoms with van der Waals surface area (Å²) in [5.74, 6) is -2.21. The summed E-state index contributed by atoms with van der Waals surface area (Å²) in [4.78, 5) is 98.5. The fourth-order valence-electron chi connectivity index (χ4n) is 9.54. The number of aliphatic hydroxyl groups is 7. The minimum absolute atomic E-state index is 0.0205. The number of hydrogen-bond donors (Lipinski definition) is 15. The van der Waals surface area contributed by atoms with Gasteiger partial charge in [-0.1, -0.05) is 6.42 Å². The van der Waals surface area contributed by atoms with Crippen molar-refractivity contribution >= 4 is 47.3 Å². The Labute approximate surface area is 533 Å². The first-order valence-electron chi connectivity index (χ1n) is 31.9. The Hall–Kier alpha value is -4.88. The summed E-state index contributed by atoms with van der Waals surface area (Å²) in [7, 11) is 1.58. The molecule has 0 spiro atoms. The fraction of sp³-hybridized carbons (Fsp3) is 0.864. The van der Waals surface area contributed by atoms with Crippen molar-refractivity contribution in [1.82, 2.24) is 42.5 Å². The molecule has 5 unspecified atom stereocenters. The quantitative estimate of drug-likeness (QED) is 0.0258. The fourth-order valence-corrected chi connectivity index (χ4v) is 9.54. The molecule has 2 saturated heterocycles. The van der Waals surface area contributed by atoms with E-state index in [1.54, 1.807) is 7.11 Å². The molecule has 8 amide bonds. The number of amides is 8. The Balaban J connectivity index is 1.55. The van der Waals surface area contributed by atoms with Gasteiger partial charge in [0.15, 0.2) is 12.6 Å². The molecule has 2 fully saturated rings. The number of carbonyl (C=O) groups excluding carboxylic acids is 8. The van der Waals surface area contributed by atoms with Crippen LogP contribution in [0.2, 0.25) is 0 Å². The molecule has 0 aromatic rings. The largest absolute Gasteiger partial charge is 0.396 e. The Morgan fingerprint density at radius 3 is 1.27 bits per heavy atom. The van der Waals surface area contributed by atoms with E-state index in [9.17, 15) is 74.1 Å². The highest BCUT2D eigenvalue weighted by Crippen LogP contribution is 2.24. The predicted molar refractivity (Wildman–Crippen MR) is 324 cm³/mol. The standard InChI is InChI=1S/C59H108N8O24/c1-40(71)65-52-56(81)54(79)44(37-69)90-58(52)88-25-10-6-15-46(73)63-23-29-86-33-31-84-27-18-48(75)60-20-9-5-14-43(35-51(78)62-21-8-4-13-42(36-68)39-83-3)67-50(77)17-12-22-61-49(76)19-28-85-32-34-87-30-24-64-47(74)16-7-11-26-89-59-53(66-41(2)72)57(82)55(80)45(38-70)91-59/h42-45,52-59,68-70,79-82H,4-39H2,1-3H3,(H,60,75)(H,61,76)(H,62,78)(H,63,73)(H,64,74)(H,65,71)(H,66,72)(H,67,77)/t42?,43-,44?,45?,52?,53?,54-,55-,56+,57+,58+,59+/m0/s1. The molecule has 0 bridgehead atoms. The average Bonchev–Trinajstić information content (AvgIpc) is 2.87. The van der Waals surface area contributed by atoms with E-state index in [-0.39, 0.29) is 172 Å². The number of rotatable bonds is 54. The molecule has 2 rings (SSSR count). The van der Waals surface area contributed by atoms with Crippen molar-refractivity contribution in [1.29, 1.82) is 0 Å². The third-order valence-corrected chi connectivity index (χ3v) is 14.5. The summed E-state index contributed by atoms with van der Waals surface area (Å²) in [6.45, 7) is 5.53. The van der Waals surface area contributed by atoms with Gasteiger partial charge in [0, 0.05) is 124 Å². The highest BCUT2D eigenvalue weighted by atomic mass is 16.7. The van der Waals surface area contributed by atoms with Crippen molar-refractivity contribution in [3.8, 4) is 0 Å². The topological polar surface area (TPSA) is 457 Å². The molecular weight excluding hydrogens is 1200 g/mol. The zero-order valence-corrected chi connectivity index (χ0v) is 53.5. The molecule has 528 valence electrons. The van der Waals surface area contributed by atoms with Gasteiger partial charge < -0.3 is 121 Å². The Morgan fingerprint density at radius 1 is 0.429 bits per heavy atom. The number of aliphatic hydroxyl groups excluding tert-OH is 7. The number of carbonyl (C=O) groups is 8. The van der Waals surface area contributed by atoms with Crippen LogP contribution in [0.1, 0.15) is 123 Å². The van der Waals surface area contributed by atoms with Crippen molar-refractivity contribution in [3.05, 3.63) is 0 Å². The molecule has 0 radical (unpaired) electrons. The van der Waals surface area contributed by atoms with Crippen molar-refractivity contribution in [2.24, 2.45) is 5.92 Å². The molecule has 2 aliphatic heterocycles. The normalized spacial score (nSPS) is 22.0. The highest BCUT2D eigenvalue weighted by Gasteiger charge is 2.46. The molecule has 0 aromatic heterocycles. The zero-order chi connectivity index (χ0) is 67.0. The van der Waals surface area contributed by atoms with Gasteiger partial charge in [-0.05, 0) is 64.2 Å². The van der Waals surface area contributed by atoms with Gasteiger partial charge in [0.25, 0.3) is 0 Å². The second-order valence-corrected chi connectivity index (χ2v) is 22.3. The van der Waals surface area contributed by atoms with Gasteiger partial charge in [-0.25, -0.2) is 0 Å². The molecule has 32 nitrogen and oxygen atoms in total. The van der Waals surface area contributed by atoms with Gasteiger partial charge in [0.05, 0.1) is 72.7 Å². The second kappa shape index (κ2) is 51.5.